The number of hydrogen-bond acceptors (Lipinski definition) is 10. The second-order valence-electron chi connectivity index (χ2n) is 15.0. The van der Waals surface area contributed by atoms with Gasteiger partial charge in [-0.3, -0.25) is 4.79 Å². The van der Waals surface area contributed by atoms with Gasteiger partial charge in [0.1, 0.15) is 17.8 Å². The highest BCUT2D eigenvalue weighted by Crippen LogP contribution is 2.46. The number of rotatable bonds is 9. The van der Waals surface area contributed by atoms with Crippen LogP contribution in [0.25, 0.3) is 10.8 Å². The SMILES string of the molecule is C=CC(=O)N1CCC[C@@H]1c1cc(N2CC([C@@H]3CCC[C@@H](C)S3(=O)=O)C2)c2cnc(Nc3ccnc(N4CC[C@@H](OC)[C@@H](F)C4)n3)cc2c1C(C)C. The summed E-state index contributed by atoms with van der Waals surface area (Å²) in [5, 5.41) is 4.80. The normalized spacial score (nSPS) is 26.8. The van der Waals surface area contributed by atoms with Crippen molar-refractivity contribution in [3.8, 4) is 0 Å². The molecule has 7 rings (SSSR count). The third-order valence-corrected chi connectivity index (χ3v) is 14.4. The van der Waals surface area contributed by atoms with Crippen molar-refractivity contribution in [2.24, 2.45) is 5.92 Å². The van der Waals surface area contributed by atoms with Gasteiger partial charge in [0.2, 0.25) is 11.9 Å². The van der Waals surface area contributed by atoms with Gasteiger partial charge in [-0.05, 0) is 85.7 Å². The lowest BCUT2D eigenvalue weighted by Gasteiger charge is -2.47. The molecule has 2 aromatic heterocycles. The molecule has 3 aromatic rings. The number of halogens is 1. The number of alkyl halides is 1. The van der Waals surface area contributed by atoms with Crippen LogP contribution in [0.2, 0.25) is 0 Å². The van der Waals surface area contributed by atoms with E-state index in [1.54, 1.807) is 12.3 Å². The summed E-state index contributed by atoms with van der Waals surface area (Å²) >= 11 is 0. The van der Waals surface area contributed by atoms with Crippen LogP contribution in [0.3, 0.4) is 0 Å². The Balaban J connectivity index is 1.25. The summed E-state index contributed by atoms with van der Waals surface area (Å²) in [6.07, 6.45) is 8.13. The van der Waals surface area contributed by atoms with E-state index in [0.29, 0.717) is 50.2 Å². The van der Waals surface area contributed by atoms with Crippen LogP contribution in [0.4, 0.5) is 27.7 Å². The third-order valence-electron chi connectivity index (χ3n) is 11.5. The van der Waals surface area contributed by atoms with Crippen molar-refractivity contribution in [1.82, 2.24) is 19.9 Å². The summed E-state index contributed by atoms with van der Waals surface area (Å²) in [6, 6.07) is 5.97. The Bertz CT molecular complexity index is 1900. The lowest BCUT2D eigenvalue weighted by atomic mass is 9.85. The van der Waals surface area contributed by atoms with Gasteiger partial charge in [0.25, 0.3) is 0 Å². The fourth-order valence-electron chi connectivity index (χ4n) is 8.78. The molecule has 4 aliphatic rings. The Labute approximate surface area is 300 Å². The van der Waals surface area contributed by atoms with E-state index in [2.05, 4.69) is 47.8 Å². The van der Waals surface area contributed by atoms with Gasteiger partial charge in [-0.15, -0.1) is 0 Å². The number of benzene rings is 1. The molecule has 1 aromatic carbocycles. The number of amides is 1. The summed E-state index contributed by atoms with van der Waals surface area (Å²) in [7, 11) is -1.62. The van der Waals surface area contributed by atoms with Gasteiger partial charge in [-0.1, -0.05) is 26.8 Å². The minimum Gasteiger partial charge on any atom is -0.378 e. The molecule has 274 valence electrons. The molecule has 6 heterocycles. The molecule has 4 aliphatic heterocycles. The highest BCUT2D eigenvalue weighted by Gasteiger charge is 2.45. The zero-order chi connectivity index (χ0) is 36.0. The molecule has 4 saturated heterocycles. The Morgan fingerprint density at radius 3 is 2.57 bits per heavy atom. The van der Waals surface area contributed by atoms with E-state index in [9.17, 15) is 17.6 Å². The average Bonchev–Trinajstić information content (AvgIpc) is 3.59. The number of sulfone groups is 1. The van der Waals surface area contributed by atoms with Crippen molar-refractivity contribution in [1.29, 1.82) is 0 Å². The zero-order valence-corrected chi connectivity index (χ0v) is 30.9. The molecule has 13 heteroatoms. The summed E-state index contributed by atoms with van der Waals surface area (Å²) in [6.45, 7) is 12.7. The summed E-state index contributed by atoms with van der Waals surface area (Å²) < 4.78 is 46.6. The molecule has 1 N–H and O–H groups in total. The van der Waals surface area contributed by atoms with Gasteiger partial charge >= 0.3 is 0 Å². The number of ether oxygens (including phenoxy) is 1. The van der Waals surface area contributed by atoms with E-state index >= 15 is 0 Å². The van der Waals surface area contributed by atoms with E-state index in [-0.39, 0.29) is 40.8 Å². The number of likely N-dealkylation sites (tertiary alicyclic amines) is 1. The van der Waals surface area contributed by atoms with Crippen LogP contribution in [0, 0.1) is 5.92 Å². The number of nitrogens with zero attached hydrogens (tertiary/aromatic N) is 6. The van der Waals surface area contributed by atoms with Gasteiger partial charge in [-0.2, -0.15) is 4.98 Å². The molecule has 0 saturated carbocycles. The smallest absolute Gasteiger partial charge is 0.246 e. The van der Waals surface area contributed by atoms with Gasteiger partial charge in [0, 0.05) is 62.7 Å². The minimum atomic E-state index is -3.16. The number of carbonyl (C=O) groups excluding carboxylic acids is 1. The largest absolute Gasteiger partial charge is 0.378 e. The molecule has 51 heavy (non-hydrogen) atoms. The lowest BCUT2D eigenvalue weighted by molar-refractivity contribution is -0.126. The van der Waals surface area contributed by atoms with Crippen molar-refractivity contribution in [2.45, 2.75) is 94.0 Å². The van der Waals surface area contributed by atoms with E-state index in [1.807, 2.05) is 22.9 Å². The predicted molar refractivity (Wildman–Crippen MR) is 199 cm³/mol. The van der Waals surface area contributed by atoms with E-state index in [1.165, 1.54) is 13.2 Å². The summed E-state index contributed by atoms with van der Waals surface area (Å²) in [5.74, 6) is 1.75. The fraction of sp³-hybridized carbons (Fsp3) is 0.579. The van der Waals surface area contributed by atoms with Crippen molar-refractivity contribution in [2.75, 3.05) is 55.0 Å². The van der Waals surface area contributed by atoms with Gasteiger partial charge in [0.15, 0.2) is 9.84 Å². The topological polar surface area (TPSA) is 121 Å². The van der Waals surface area contributed by atoms with Crippen LogP contribution in [-0.2, 0) is 19.4 Å². The van der Waals surface area contributed by atoms with Crippen molar-refractivity contribution in [3.05, 3.63) is 54.4 Å². The molecule has 5 atom stereocenters. The molecule has 11 nitrogen and oxygen atoms in total. The van der Waals surface area contributed by atoms with E-state index in [4.69, 9.17) is 14.7 Å². The molecule has 1 amide bonds. The van der Waals surface area contributed by atoms with Crippen LogP contribution < -0.4 is 15.1 Å². The molecule has 0 bridgehead atoms. The first-order valence-corrected chi connectivity index (χ1v) is 20.0. The van der Waals surface area contributed by atoms with Gasteiger partial charge in [0.05, 0.1) is 29.2 Å². The van der Waals surface area contributed by atoms with Crippen LogP contribution in [0.1, 0.15) is 82.4 Å². The van der Waals surface area contributed by atoms with Crippen molar-refractivity contribution in [3.63, 3.8) is 0 Å². The summed E-state index contributed by atoms with van der Waals surface area (Å²) in [5.41, 5.74) is 3.29. The Hall–Kier alpha value is -3.84. The highest BCUT2D eigenvalue weighted by atomic mass is 32.2. The maximum atomic E-state index is 14.7. The first-order chi connectivity index (χ1) is 24.5. The number of fused-ring (bicyclic) bond motifs is 1. The Morgan fingerprint density at radius 1 is 1.04 bits per heavy atom. The number of hydrogen-bond donors (Lipinski definition) is 1. The highest BCUT2D eigenvalue weighted by molar-refractivity contribution is 7.92. The molecule has 0 unspecified atom stereocenters. The van der Waals surface area contributed by atoms with E-state index < -0.39 is 22.1 Å². The van der Waals surface area contributed by atoms with Crippen molar-refractivity contribution >= 4 is 49.8 Å². The summed E-state index contributed by atoms with van der Waals surface area (Å²) in [4.78, 5) is 33.1. The number of nitrogens with one attached hydrogen (secondary N) is 1. The third kappa shape index (κ3) is 6.67. The maximum absolute atomic E-state index is 14.7. The van der Waals surface area contributed by atoms with Gasteiger partial charge < -0.3 is 24.8 Å². The molecule has 0 radical (unpaired) electrons. The van der Waals surface area contributed by atoms with Crippen LogP contribution >= 0.6 is 0 Å². The number of piperidine rings is 1. The van der Waals surface area contributed by atoms with Crippen LogP contribution in [0.5, 0.6) is 0 Å². The lowest BCUT2D eigenvalue weighted by Crippen LogP contribution is -2.56. The Morgan fingerprint density at radius 2 is 1.84 bits per heavy atom. The number of methoxy groups -OCH3 is 1. The second kappa shape index (κ2) is 14.3. The van der Waals surface area contributed by atoms with E-state index in [0.717, 1.165) is 59.7 Å². The Kier molecular flexibility index (Phi) is 9.96. The number of carbonyl (C=O) groups is 1. The number of aromatic nitrogens is 3. The molecule has 0 aliphatic carbocycles. The molecule has 4 fully saturated rings. The van der Waals surface area contributed by atoms with Gasteiger partial charge in [-0.25, -0.2) is 22.8 Å². The molecule has 0 spiro atoms. The standard InChI is InChI=1S/C38H50FN7O4S/c1-6-36(47)46-15-8-10-30(46)27-17-31(45-20-25(21-45)33-11-7-9-24(4)51(33,48)49)28-19-41-35(18-26(28)37(27)23(2)3)42-34-12-14-40-38(43-34)44-16-13-32(50-5)29(39)22-44/h6,12,14,17-19,23-25,29-30,32-33H,1,7-11,13,15-16,20-22H2,2-5H3,(H,40,41,42,43)/t24-,29+,30-,32-,33+/m1/s1. The maximum Gasteiger partial charge on any atom is 0.246 e. The zero-order valence-electron chi connectivity index (χ0n) is 30.1. The quantitative estimate of drug-likeness (QED) is 0.260. The van der Waals surface area contributed by atoms with Crippen LogP contribution in [0.15, 0.2) is 43.2 Å². The monoisotopic (exact) mass is 719 g/mol. The molecular weight excluding hydrogens is 670 g/mol. The predicted octanol–water partition coefficient (Wildman–Crippen LogP) is 6.10. The average molecular weight is 720 g/mol. The molecular formula is C38H50FN7O4S. The number of pyridine rings is 1. The second-order valence-corrected chi connectivity index (χ2v) is 17.6. The minimum absolute atomic E-state index is 0.0725. The fourth-order valence-corrected chi connectivity index (χ4v) is 11.1. The van der Waals surface area contributed by atoms with Crippen LogP contribution in [-0.4, -0.2) is 96.8 Å². The van der Waals surface area contributed by atoms with Crippen molar-refractivity contribution < 1.29 is 22.3 Å². The first kappa shape index (κ1) is 35.6. The number of anilines is 4. The first-order valence-electron chi connectivity index (χ1n) is 18.4.